The van der Waals surface area contributed by atoms with Crippen LogP contribution in [-0.4, -0.2) is 99.6 Å². The van der Waals surface area contributed by atoms with Gasteiger partial charge in [0.2, 0.25) is 5.91 Å². The molecule has 6 N–H and O–H groups in total. The third-order valence-corrected chi connectivity index (χ3v) is 16.3. The van der Waals surface area contributed by atoms with Gasteiger partial charge in [0, 0.05) is 6.42 Å². The average Bonchev–Trinajstić information content (AvgIpc) is 3.51. The Hall–Kier alpha value is -2.90. The number of aliphatic hydroxyl groups excluding tert-OH is 5. The Bertz CT molecular complexity index is 1630. The summed E-state index contributed by atoms with van der Waals surface area (Å²) in [6, 6.07) is -1.05. The molecule has 0 aliphatic carbocycles. The van der Waals surface area contributed by atoms with Gasteiger partial charge >= 0.3 is 5.97 Å². The standard InChI is InChI=1S/C72H129NO10/c1-4-7-10-13-16-19-22-25-27-28-29-30-31-32-33-34-35-36-37-38-39-42-45-48-51-54-57-60-67(77)83-70-69(79)68(78)66(61-74)82-72(70)81-62-63(64(75)58-55-52-49-46-43-40-24-21-18-15-12-9-6-3)73-71(80)65(76)59-56-53-50-47-44-41-26-23-20-17-14-11-8-5-2/h8,11,14,17,20,23,26,41,44,47,55,58,63-66,68-70,72,74-76,78-79H,4-7,9-10,12-13,15-16,18-19,21-22,24-25,27-40,42-43,45-46,48-54,56-57,59-62H2,1-3H3,(H,73,80)/b11-8+,17-14+,23-20-,41-26-,47-44+,58-55+. The van der Waals surface area contributed by atoms with Crippen molar-refractivity contribution in [1.29, 1.82) is 0 Å². The predicted octanol–water partition coefficient (Wildman–Crippen LogP) is 17.5. The van der Waals surface area contributed by atoms with E-state index in [1.807, 2.05) is 60.8 Å². The monoisotopic (exact) mass is 1170 g/mol. The van der Waals surface area contributed by atoms with Crippen LogP contribution in [0.15, 0.2) is 72.9 Å². The molecule has 1 amide bonds. The summed E-state index contributed by atoms with van der Waals surface area (Å²) in [6.07, 6.45) is 66.8. The molecule has 1 aliphatic rings. The normalized spacial score (nSPS) is 19.0. The lowest BCUT2D eigenvalue weighted by Crippen LogP contribution is -2.61. The Balaban J connectivity index is 2.55. The van der Waals surface area contributed by atoms with Crippen LogP contribution in [0.1, 0.15) is 310 Å². The van der Waals surface area contributed by atoms with Gasteiger partial charge in [-0.3, -0.25) is 9.59 Å². The Kier molecular flexibility index (Phi) is 55.9. The van der Waals surface area contributed by atoms with Crippen LogP contribution in [0.4, 0.5) is 0 Å². The van der Waals surface area contributed by atoms with Crippen LogP contribution >= 0.6 is 0 Å². The minimum absolute atomic E-state index is 0.120. The number of nitrogens with one attached hydrogen (secondary N) is 1. The average molecular weight is 1170 g/mol. The molecule has 83 heavy (non-hydrogen) atoms. The molecule has 1 heterocycles. The maximum Gasteiger partial charge on any atom is 0.306 e. The largest absolute Gasteiger partial charge is 0.454 e. The van der Waals surface area contributed by atoms with Gasteiger partial charge in [0.15, 0.2) is 12.4 Å². The van der Waals surface area contributed by atoms with Gasteiger partial charge in [0.05, 0.1) is 25.4 Å². The topological polar surface area (TPSA) is 175 Å². The van der Waals surface area contributed by atoms with Gasteiger partial charge in [-0.15, -0.1) is 0 Å². The summed E-state index contributed by atoms with van der Waals surface area (Å²) in [6.45, 7) is 5.65. The lowest BCUT2D eigenvalue weighted by atomic mass is 9.99. The summed E-state index contributed by atoms with van der Waals surface area (Å²) in [5, 5.41) is 57.1. The fourth-order valence-corrected chi connectivity index (χ4v) is 10.8. The molecule has 8 unspecified atom stereocenters. The van der Waals surface area contributed by atoms with Crippen molar-refractivity contribution < 1.29 is 49.3 Å². The van der Waals surface area contributed by atoms with Crippen LogP contribution < -0.4 is 5.32 Å². The first-order chi connectivity index (χ1) is 40.7. The van der Waals surface area contributed by atoms with E-state index in [4.69, 9.17) is 14.2 Å². The Morgan fingerprint density at radius 1 is 0.482 bits per heavy atom. The minimum atomic E-state index is -1.62. The molecule has 1 saturated heterocycles. The van der Waals surface area contributed by atoms with Crippen LogP contribution in [-0.2, 0) is 23.8 Å². The highest BCUT2D eigenvalue weighted by Crippen LogP contribution is 2.26. The predicted molar refractivity (Wildman–Crippen MR) is 347 cm³/mol. The summed E-state index contributed by atoms with van der Waals surface area (Å²) >= 11 is 0. The molecule has 11 heteroatoms. The van der Waals surface area contributed by atoms with Gasteiger partial charge in [-0.05, 0) is 44.9 Å². The van der Waals surface area contributed by atoms with E-state index in [1.54, 1.807) is 6.08 Å². The number of rotatable bonds is 59. The first-order valence-electron chi connectivity index (χ1n) is 34.8. The van der Waals surface area contributed by atoms with Crippen molar-refractivity contribution in [3.8, 4) is 0 Å². The quantitative estimate of drug-likeness (QED) is 0.0149. The molecule has 482 valence electrons. The third kappa shape index (κ3) is 46.9. The number of unbranched alkanes of at least 4 members (excludes halogenated alkanes) is 39. The number of ether oxygens (including phenoxy) is 3. The molecular formula is C72H129NO10. The van der Waals surface area contributed by atoms with Crippen LogP contribution in [0.3, 0.4) is 0 Å². The molecule has 0 saturated carbocycles. The zero-order chi connectivity index (χ0) is 60.3. The van der Waals surface area contributed by atoms with E-state index >= 15 is 0 Å². The summed E-state index contributed by atoms with van der Waals surface area (Å²) in [4.78, 5) is 26.6. The summed E-state index contributed by atoms with van der Waals surface area (Å²) < 4.78 is 17.7. The molecule has 8 atom stereocenters. The van der Waals surface area contributed by atoms with Gasteiger partial charge in [-0.1, -0.05) is 331 Å². The highest BCUT2D eigenvalue weighted by atomic mass is 16.7. The molecule has 0 aromatic rings. The maximum atomic E-state index is 13.4. The third-order valence-electron chi connectivity index (χ3n) is 16.3. The summed E-state index contributed by atoms with van der Waals surface area (Å²) in [5.74, 6) is -1.23. The SMILES string of the molecule is CC/C=C/C=C/C=C\C=C/C=C/CCCCC(O)C(=O)NC(COC1OC(CO)C(O)C(O)C1OC(=O)CCCCCCCCCCCCCCCCCCCCCCCCCCCCC)C(O)/C=C/CCCCCCCCCCCCC. The first-order valence-corrected chi connectivity index (χ1v) is 34.8. The fourth-order valence-electron chi connectivity index (χ4n) is 10.8. The van der Waals surface area contributed by atoms with Crippen molar-refractivity contribution in [1.82, 2.24) is 5.32 Å². The smallest absolute Gasteiger partial charge is 0.306 e. The van der Waals surface area contributed by atoms with Crippen molar-refractivity contribution >= 4 is 11.9 Å². The summed E-state index contributed by atoms with van der Waals surface area (Å²) in [7, 11) is 0. The van der Waals surface area contributed by atoms with Gasteiger partial charge in [0.25, 0.3) is 0 Å². The number of hydrogen-bond donors (Lipinski definition) is 6. The fraction of sp³-hybridized carbons (Fsp3) is 0.806. The van der Waals surface area contributed by atoms with E-state index in [9.17, 15) is 35.1 Å². The van der Waals surface area contributed by atoms with Crippen LogP contribution in [0.25, 0.3) is 0 Å². The molecule has 0 aromatic heterocycles. The number of carbonyl (C=O) groups excluding carboxylic acids is 2. The molecule has 1 rings (SSSR count). The van der Waals surface area contributed by atoms with Crippen molar-refractivity contribution in [2.24, 2.45) is 0 Å². The van der Waals surface area contributed by atoms with Crippen molar-refractivity contribution in [3.05, 3.63) is 72.9 Å². The van der Waals surface area contributed by atoms with Gasteiger partial charge in [0.1, 0.15) is 24.4 Å². The zero-order valence-corrected chi connectivity index (χ0v) is 53.6. The lowest BCUT2D eigenvalue weighted by molar-refractivity contribution is -0.305. The number of aliphatic hydroxyl groups is 5. The molecule has 0 spiro atoms. The Morgan fingerprint density at radius 2 is 0.867 bits per heavy atom. The second-order valence-electron chi connectivity index (χ2n) is 24.0. The van der Waals surface area contributed by atoms with Crippen LogP contribution in [0.5, 0.6) is 0 Å². The molecule has 1 aliphatic heterocycles. The van der Waals surface area contributed by atoms with E-state index in [0.717, 1.165) is 57.8 Å². The number of carbonyl (C=O) groups is 2. The molecular weight excluding hydrogens is 1040 g/mol. The van der Waals surface area contributed by atoms with Crippen molar-refractivity contribution in [2.75, 3.05) is 13.2 Å². The molecule has 11 nitrogen and oxygen atoms in total. The van der Waals surface area contributed by atoms with E-state index in [2.05, 4.69) is 32.2 Å². The van der Waals surface area contributed by atoms with Gasteiger partial charge in [-0.2, -0.15) is 0 Å². The lowest BCUT2D eigenvalue weighted by Gasteiger charge is -2.41. The van der Waals surface area contributed by atoms with Crippen molar-refractivity contribution in [3.63, 3.8) is 0 Å². The molecule has 0 radical (unpaired) electrons. The minimum Gasteiger partial charge on any atom is -0.454 e. The number of hydrogen-bond acceptors (Lipinski definition) is 10. The summed E-state index contributed by atoms with van der Waals surface area (Å²) in [5.41, 5.74) is 0. The molecule has 0 bridgehead atoms. The highest BCUT2D eigenvalue weighted by molar-refractivity contribution is 5.80. The Labute approximate surface area is 509 Å². The molecule has 1 fully saturated rings. The molecule has 0 aromatic carbocycles. The van der Waals surface area contributed by atoms with Crippen molar-refractivity contribution in [2.45, 2.75) is 359 Å². The zero-order valence-electron chi connectivity index (χ0n) is 53.6. The highest BCUT2D eigenvalue weighted by Gasteiger charge is 2.47. The van der Waals surface area contributed by atoms with Crippen LogP contribution in [0, 0.1) is 0 Å². The number of amides is 1. The Morgan fingerprint density at radius 3 is 1.30 bits per heavy atom. The van der Waals surface area contributed by atoms with Crippen LogP contribution in [0.2, 0.25) is 0 Å². The van der Waals surface area contributed by atoms with E-state index in [1.165, 1.54) is 205 Å². The van der Waals surface area contributed by atoms with E-state index in [0.29, 0.717) is 12.8 Å². The number of esters is 1. The second-order valence-corrected chi connectivity index (χ2v) is 24.0. The first kappa shape index (κ1) is 78.1. The second kappa shape index (κ2) is 59.4. The van der Waals surface area contributed by atoms with Gasteiger partial charge in [-0.25, -0.2) is 0 Å². The number of allylic oxidation sites excluding steroid dienone is 11. The van der Waals surface area contributed by atoms with Gasteiger partial charge < -0.3 is 45.1 Å². The maximum absolute atomic E-state index is 13.4. The van der Waals surface area contributed by atoms with E-state index < -0.39 is 67.4 Å². The van der Waals surface area contributed by atoms with E-state index in [-0.39, 0.29) is 19.4 Å².